The van der Waals surface area contributed by atoms with Crippen molar-refractivity contribution in [3.05, 3.63) is 33.8 Å². The lowest BCUT2D eigenvalue weighted by molar-refractivity contribution is 0.120. The van der Waals surface area contributed by atoms with Gasteiger partial charge in [-0.2, -0.15) is 0 Å². The van der Waals surface area contributed by atoms with Crippen molar-refractivity contribution < 1.29 is 8.78 Å². The highest BCUT2D eigenvalue weighted by Gasteiger charge is 2.27. The predicted molar refractivity (Wildman–Crippen MR) is 75.8 cm³/mol. The first kappa shape index (κ1) is 14.9. The lowest BCUT2D eigenvalue weighted by atomic mass is 9.96. The Labute approximate surface area is 121 Å². The minimum absolute atomic E-state index is 0.0126. The fraction of sp³-hybridized carbons (Fsp3) is 0.571. The fourth-order valence-corrected chi connectivity index (χ4v) is 3.10. The zero-order valence-electron chi connectivity index (χ0n) is 11.0. The molecule has 0 aromatic heterocycles. The van der Waals surface area contributed by atoms with Crippen molar-refractivity contribution in [1.82, 2.24) is 4.90 Å². The third-order valence-corrected chi connectivity index (χ3v) is 4.38. The Hall–Kier alpha value is -0.520. The highest BCUT2D eigenvalue weighted by Crippen LogP contribution is 2.26. The lowest BCUT2D eigenvalue weighted by Gasteiger charge is -2.38. The summed E-state index contributed by atoms with van der Waals surface area (Å²) >= 11 is 3.10. The minimum atomic E-state index is -0.506. The van der Waals surface area contributed by atoms with Gasteiger partial charge in [0, 0.05) is 24.2 Å². The highest BCUT2D eigenvalue weighted by atomic mass is 79.9. The molecule has 106 valence electrons. The number of likely N-dealkylation sites (tertiary alicyclic amines) is 1. The molecule has 2 atom stereocenters. The van der Waals surface area contributed by atoms with Crippen LogP contribution in [0.3, 0.4) is 0 Å². The van der Waals surface area contributed by atoms with Crippen molar-refractivity contribution in [3.63, 3.8) is 0 Å². The highest BCUT2D eigenvalue weighted by molar-refractivity contribution is 9.10. The van der Waals surface area contributed by atoms with Crippen molar-refractivity contribution in [3.8, 4) is 0 Å². The Morgan fingerprint density at radius 3 is 2.84 bits per heavy atom. The number of hydrogen-bond acceptors (Lipinski definition) is 2. The molecule has 1 aromatic rings. The van der Waals surface area contributed by atoms with Crippen molar-refractivity contribution in [2.45, 2.75) is 44.8 Å². The first-order chi connectivity index (χ1) is 9.00. The maximum absolute atomic E-state index is 14.0. The van der Waals surface area contributed by atoms with Gasteiger partial charge < -0.3 is 5.73 Å². The molecule has 1 aromatic carbocycles. The van der Waals surface area contributed by atoms with Crippen molar-refractivity contribution in [1.29, 1.82) is 0 Å². The van der Waals surface area contributed by atoms with E-state index in [2.05, 4.69) is 20.8 Å². The molecule has 0 radical (unpaired) electrons. The third kappa shape index (κ3) is 3.33. The molecule has 2 nitrogen and oxygen atoms in total. The van der Waals surface area contributed by atoms with E-state index < -0.39 is 11.6 Å². The average Bonchev–Trinajstić information content (AvgIpc) is 2.39. The summed E-state index contributed by atoms with van der Waals surface area (Å²) in [7, 11) is 0. The van der Waals surface area contributed by atoms with Gasteiger partial charge in [-0.1, -0.05) is 6.42 Å². The molecule has 0 spiro atoms. The second-order valence-electron chi connectivity index (χ2n) is 5.21. The molecule has 2 rings (SSSR count). The van der Waals surface area contributed by atoms with Crippen LogP contribution < -0.4 is 5.73 Å². The van der Waals surface area contributed by atoms with Gasteiger partial charge in [-0.3, -0.25) is 4.90 Å². The normalized spacial score (nSPS) is 22.5. The van der Waals surface area contributed by atoms with E-state index in [0.29, 0.717) is 4.47 Å². The Bertz CT molecular complexity index is 451. The summed E-state index contributed by atoms with van der Waals surface area (Å²) in [4.78, 5) is 2.10. The second kappa shape index (κ2) is 6.29. The molecular weight excluding hydrogens is 314 g/mol. The first-order valence-corrected chi connectivity index (χ1v) is 7.42. The van der Waals surface area contributed by atoms with Crippen LogP contribution in [0, 0.1) is 11.6 Å². The largest absolute Gasteiger partial charge is 0.327 e. The van der Waals surface area contributed by atoms with Crippen LogP contribution in [0.4, 0.5) is 8.78 Å². The summed E-state index contributed by atoms with van der Waals surface area (Å²) in [6, 6.07) is 2.91. The van der Waals surface area contributed by atoms with Gasteiger partial charge in [0.1, 0.15) is 11.6 Å². The summed E-state index contributed by atoms with van der Waals surface area (Å²) in [5, 5.41) is 0. The number of nitrogens with zero attached hydrogens (tertiary/aromatic N) is 1. The maximum Gasteiger partial charge on any atom is 0.144 e. The smallest absolute Gasteiger partial charge is 0.144 e. The number of hydrogen-bond donors (Lipinski definition) is 1. The Balaban J connectivity index is 2.22. The molecule has 0 amide bonds. The Morgan fingerprint density at radius 2 is 2.16 bits per heavy atom. The Morgan fingerprint density at radius 1 is 1.42 bits per heavy atom. The Kier molecular flexibility index (Phi) is 4.92. The molecule has 1 aliphatic rings. The van der Waals surface area contributed by atoms with E-state index in [4.69, 9.17) is 5.73 Å². The van der Waals surface area contributed by atoms with Gasteiger partial charge in [0.2, 0.25) is 0 Å². The average molecular weight is 333 g/mol. The molecule has 19 heavy (non-hydrogen) atoms. The maximum atomic E-state index is 14.0. The van der Waals surface area contributed by atoms with Crippen LogP contribution in [0.2, 0.25) is 0 Å². The van der Waals surface area contributed by atoms with Crippen LogP contribution in [0.25, 0.3) is 0 Å². The SMILES string of the molecule is CC(N)C1CCCCN1Cc1c(F)ccc(Br)c1F. The number of benzene rings is 1. The minimum Gasteiger partial charge on any atom is -0.327 e. The molecule has 0 saturated carbocycles. The van der Waals surface area contributed by atoms with Crippen LogP contribution >= 0.6 is 15.9 Å². The summed E-state index contributed by atoms with van der Waals surface area (Å²) in [6.45, 7) is 3.08. The monoisotopic (exact) mass is 332 g/mol. The summed E-state index contributed by atoms with van der Waals surface area (Å²) in [5.41, 5.74) is 6.11. The second-order valence-corrected chi connectivity index (χ2v) is 6.07. The number of nitrogens with two attached hydrogens (primary N) is 1. The van der Waals surface area contributed by atoms with Gasteiger partial charge in [0.25, 0.3) is 0 Å². The molecule has 1 fully saturated rings. The number of piperidine rings is 1. The zero-order valence-corrected chi connectivity index (χ0v) is 12.6. The van der Waals surface area contributed by atoms with E-state index in [9.17, 15) is 8.78 Å². The molecular formula is C14H19BrF2N2. The van der Waals surface area contributed by atoms with Crippen LogP contribution in [-0.4, -0.2) is 23.5 Å². The molecule has 2 unspecified atom stereocenters. The van der Waals surface area contributed by atoms with Crippen LogP contribution in [0.1, 0.15) is 31.7 Å². The molecule has 0 aliphatic carbocycles. The third-order valence-electron chi connectivity index (χ3n) is 3.77. The molecule has 5 heteroatoms. The van der Waals surface area contributed by atoms with E-state index in [1.54, 1.807) is 0 Å². The topological polar surface area (TPSA) is 29.3 Å². The molecule has 2 N–H and O–H groups in total. The van der Waals surface area contributed by atoms with Gasteiger partial charge in [-0.05, 0) is 54.4 Å². The van der Waals surface area contributed by atoms with Crippen molar-refractivity contribution in [2.24, 2.45) is 5.73 Å². The molecule has 0 bridgehead atoms. The van der Waals surface area contributed by atoms with Crippen LogP contribution in [0.5, 0.6) is 0 Å². The van der Waals surface area contributed by atoms with Gasteiger partial charge in [-0.15, -0.1) is 0 Å². The standard InChI is InChI=1S/C14H19BrF2N2/c1-9(18)13-4-2-3-7-19(13)8-10-12(16)6-5-11(15)14(10)17/h5-6,9,13H,2-4,7-8,18H2,1H3. The summed E-state index contributed by atoms with van der Waals surface area (Å²) < 4.78 is 28.1. The molecule has 1 aliphatic heterocycles. The predicted octanol–water partition coefficient (Wildman–Crippen LogP) is 3.43. The van der Waals surface area contributed by atoms with Crippen LogP contribution in [-0.2, 0) is 6.54 Å². The summed E-state index contributed by atoms with van der Waals surface area (Å²) in [5.74, 6) is -0.997. The molecule has 1 saturated heterocycles. The van der Waals surface area contributed by atoms with Gasteiger partial charge in [0.05, 0.1) is 4.47 Å². The van der Waals surface area contributed by atoms with E-state index >= 15 is 0 Å². The quantitative estimate of drug-likeness (QED) is 0.859. The van der Waals surface area contributed by atoms with Gasteiger partial charge in [0.15, 0.2) is 0 Å². The number of rotatable bonds is 3. The molecule has 1 heterocycles. The lowest BCUT2D eigenvalue weighted by Crippen LogP contribution is -2.48. The first-order valence-electron chi connectivity index (χ1n) is 6.62. The fourth-order valence-electron chi connectivity index (χ4n) is 2.73. The van der Waals surface area contributed by atoms with Gasteiger partial charge in [-0.25, -0.2) is 8.78 Å². The summed E-state index contributed by atoms with van der Waals surface area (Å²) in [6.07, 6.45) is 3.18. The van der Waals surface area contributed by atoms with E-state index in [1.807, 2.05) is 6.92 Å². The van der Waals surface area contributed by atoms with Crippen LogP contribution in [0.15, 0.2) is 16.6 Å². The van der Waals surface area contributed by atoms with E-state index in [1.165, 1.54) is 12.1 Å². The zero-order chi connectivity index (χ0) is 14.0. The van der Waals surface area contributed by atoms with Crippen molar-refractivity contribution in [2.75, 3.05) is 6.54 Å². The van der Waals surface area contributed by atoms with E-state index in [-0.39, 0.29) is 24.2 Å². The van der Waals surface area contributed by atoms with Crippen molar-refractivity contribution >= 4 is 15.9 Å². The van der Waals surface area contributed by atoms with E-state index in [0.717, 1.165) is 25.8 Å². The van der Waals surface area contributed by atoms with Gasteiger partial charge >= 0.3 is 0 Å². The number of halogens is 3.